The molecule has 1 aromatic rings. The highest BCUT2D eigenvalue weighted by atomic mass is 16.6. The topological polar surface area (TPSA) is 210 Å². The van der Waals surface area contributed by atoms with Gasteiger partial charge in [-0.15, -0.1) is 0 Å². The molecule has 2 aliphatic heterocycles. The number of esters is 3. The number of hydrogen-bond acceptors (Lipinski definition) is 13. The lowest BCUT2D eigenvalue weighted by Gasteiger charge is -2.61. The van der Waals surface area contributed by atoms with Gasteiger partial charge in [-0.3, -0.25) is 0 Å². The molecule has 8 atom stereocenters. The number of carbonyl (C=O) groups excluding carboxylic acids is 3. The Morgan fingerprint density at radius 3 is 2.40 bits per heavy atom. The fourth-order valence-corrected chi connectivity index (χ4v) is 6.68. The fourth-order valence-electron chi connectivity index (χ4n) is 6.68. The molecule has 0 radical (unpaired) electrons. The van der Waals surface area contributed by atoms with Crippen LogP contribution in [0.15, 0.2) is 24.0 Å². The van der Waals surface area contributed by atoms with Gasteiger partial charge in [-0.2, -0.15) is 0 Å². The SMILES string of the molecule is C[C@H](OC(=O)[C@H](C)OC(=O)[C@H](O)[C@@H](O)C(=O)OC1=CC[C@@]2(O)[C@H]3Cc4ccc(CO)c5c4[C@@]2(CCN3C)[C@H]1O5)C(=O)O. The number of aliphatic carboxylic acids is 1. The number of carboxylic acid groups (broad SMARTS) is 1. The van der Waals surface area contributed by atoms with Crippen molar-refractivity contribution in [3.05, 3.63) is 40.7 Å². The van der Waals surface area contributed by atoms with Gasteiger partial charge in [0, 0.05) is 23.6 Å². The number of carbonyl (C=O) groups is 4. The Hall–Kier alpha value is -3.56. The Balaban J connectivity index is 1.34. The minimum atomic E-state index is -2.46. The number of ether oxygens (including phenoxy) is 4. The highest BCUT2D eigenvalue weighted by molar-refractivity contribution is 5.88. The Bertz CT molecular complexity index is 1360. The summed E-state index contributed by atoms with van der Waals surface area (Å²) in [6.07, 6.45) is -6.50. The van der Waals surface area contributed by atoms with E-state index in [9.17, 15) is 39.6 Å². The van der Waals surface area contributed by atoms with Gasteiger partial charge in [0.05, 0.1) is 17.6 Å². The van der Waals surface area contributed by atoms with Crippen LogP contribution in [0.25, 0.3) is 0 Å². The van der Waals surface area contributed by atoms with Crippen LogP contribution in [-0.2, 0) is 51.8 Å². The third-order valence-corrected chi connectivity index (χ3v) is 8.89. The Labute approximate surface area is 240 Å². The van der Waals surface area contributed by atoms with Crippen LogP contribution >= 0.6 is 0 Å². The van der Waals surface area contributed by atoms with E-state index in [1.807, 2.05) is 13.1 Å². The van der Waals surface area contributed by atoms with E-state index in [0.29, 0.717) is 30.7 Å². The number of aliphatic hydroxyl groups is 4. The van der Waals surface area contributed by atoms with E-state index in [4.69, 9.17) is 19.3 Å². The van der Waals surface area contributed by atoms with E-state index in [2.05, 4.69) is 9.64 Å². The first-order valence-corrected chi connectivity index (χ1v) is 13.5. The average molecular weight is 592 g/mol. The zero-order valence-corrected chi connectivity index (χ0v) is 23.2. The number of rotatable bonds is 9. The summed E-state index contributed by atoms with van der Waals surface area (Å²) in [6.45, 7) is 2.43. The van der Waals surface area contributed by atoms with Gasteiger partial charge >= 0.3 is 23.9 Å². The van der Waals surface area contributed by atoms with Crippen LogP contribution in [0.5, 0.6) is 5.75 Å². The first kappa shape index (κ1) is 29.9. The van der Waals surface area contributed by atoms with Crippen LogP contribution in [0, 0.1) is 0 Å². The van der Waals surface area contributed by atoms with Crippen LogP contribution in [0.1, 0.15) is 43.4 Å². The Morgan fingerprint density at radius 1 is 1.07 bits per heavy atom. The first-order valence-electron chi connectivity index (χ1n) is 13.5. The second-order valence-corrected chi connectivity index (χ2v) is 11.2. The molecule has 5 N–H and O–H groups in total. The molecular formula is C28H33NO13. The maximum Gasteiger partial charge on any atom is 0.347 e. The monoisotopic (exact) mass is 591 g/mol. The molecule has 1 spiro atoms. The maximum atomic E-state index is 12.9. The highest BCUT2D eigenvalue weighted by Gasteiger charge is 2.72. The van der Waals surface area contributed by atoms with Gasteiger partial charge in [0.1, 0.15) is 11.5 Å². The quantitative estimate of drug-likeness (QED) is 0.167. The molecule has 2 aliphatic carbocycles. The van der Waals surface area contributed by atoms with Gasteiger partial charge in [-0.05, 0) is 51.9 Å². The number of likely N-dealkylation sites (tertiary alicyclic amines) is 1. The minimum absolute atomic E-state index is 0.0276. The number of piperidine rings is 1. The van der Waals surface area contributed by atoms with Crippen LogP contribution in [0.4, 0.5) is 0 Å². The predicted molar refractivity (Wildman–Crippen MR) is 138 cm³/mol. The molecule has 5 rings (SSSR count). The van der Waals surface area contributed by atoms with Crippen molar-refractivity contribution in [1.82, 2.24) is 4.90 Å². The second-order valence-electron chi connectivity index (χ2n) is 11.2. The number of nitrogens with zero attached hydrogens (tertiary/aromatic N) is 1. The molecule has 4 aliphatic rings. The van der Waals surface area contributed by atoms with Crippen molar-refractivity contribution >= 4 is 23.9 Å². The number of benzene rings is 1. The van der Waals surface area contributed by atoms with Gasteiger partial charge in [-0.25, -0.2) is 19.2 Å². The standard InChI is InChI=1S/C28H33NO13/c1-12(23(33)34)39-24(35)13(2)40-25(36)19(31)20(32)26(37)41-16-6-7-28(38)17-10-14-4-5-15(11-30)21-18(14)27(28,22(16)42-21)8-9-29(17)3/h4-6,12-13,17,19-20,22,30-32,38H,7-11H2,1-3H3,(H,33,34)/t12-,13-,17+,19+,20+,22-,27-,28+/m0/s1. The van der Waals surface area contributed by atoms with Crippen LogP contribution in [0.2, 0.25) is 0 Å². The van der Waals surface area contributed by atoms with Crippen molar-refractivity contribution in [3.63, 3.8) is 0 Å². The predicted octanol–water partition coefficient (Wildman–Crippen LogP) is -1.33. The molecular weight excluding hydrogens is 558 g/mol. The summed E-state index contributed by atoms with van der Waals surface area (Å²) in [5.74, 6) is -5.23. The van der Waals surface area contributed by atoms with E-state index in [-0.39, 0.29) is 24.8 Å². The van der Waals surface area contributed by atoms with Crippen molar-refractivity contribution in [3.8, 4) is 5.75 Å². The molecule has 1 fully saturated rings. The molecule has 228 valence electrons. The van der Waals surface area contributed by atoms with Crippen LogP contribution in [0.3, 0.4) is 0 Å². The lowest BCUT2D eigenvalue weighted by atomic mass is 9.50. The molecule has 14 nitrogen and oxygen atoms in total. The third kappa shape index (κ3) is 4.36. The van der Waals surface area contributed by atoms with Crippen molar-refractivity contribution < 1.29 is 63.7 Å². The third-order valence-electron chi connectivity index (χ3n) is 8.89. The van der Waals surface area contributed by atoms with Gasteiger partial charge in [-0.1, -0.05) is 12.1 Å². The molecule has 1 aromatic carbocycles. The summed E-state index contributed by atoms with van der Waals surface area (Å²) < 4.78 is 21.1. The molecule has 42 heavy (non-hydrogen) atoms. The summed E-state index contributed by atoms with van der Waals surface area (Å²) in [4.78, 5) is 50.2. The molecule has 14 heteroatoms. The summed E-state index contributed by atoms with van der Waals surface area (Å²) in [5.41, 5.74) is -0.102. The maximum absolute atomic E-state index is 12.9. The van der Waals surface area contributed by atoms with Crippen LogP contribution < -0.4 is 4.74 Å². The molecule has 0 aromatic heterocycles. The summed E-state index contributed by atoms with van der Waals surface area (Å²) in [7, 11) is 1.93. The second kappa shape index (κ2) is 10.6. The van der Waals surface area contributed by atoms with Crippen molar-refractivity contribution in [2.75, 3.05) is 13.6 Å². The van der Waals surface area contributed by atoms with Gasteiger partial charge in [0.25, 0.3) is 0 Å². The lowest BCUT2D eigenvalue weighted by Crippen LogP contribution is -2.74. The van der Waals surface area contributed by atoms with E-state index < -0.39 is 65.4 Å². The minimum Gasteiger partial charge on any atom is -0.481 e. The van der Waals surface area contributed by atoms with Crippen molar-refractivity contribution in [2.45, 2.75) is 87.3 Å². The average Bonchev–Trinajstić information content (AvgIpc) is 3.31. The molecule has 2 heterocycles. The Kier molecular flexibility index (Phi) is 7.56. The largest absolute Gasteiger partial charge is 0.481 e. The van der Waals surface area contributed by atoms with E-state index in [1.54, 1.807) is 6.07 Å². The number of likely N-dealkylation sites (N-methyl/N-ethyl adjacent to an activating group) is 1. The zero-order valence-electron chi connectivity index (χ0n) is 23.2. The van der Waals surface area contributed by atoms with E-state index in [0.717, 1.165) is 25.0 Å². The molecule has 2 bridgehead atoms. The van der Waals surface area contributed by atoms with Gasteiger partial charge < -0.3 is 49.4 Å². The molecule has 0 unspecified atom stereocenters. The van der Waals surface area contributed by atoms with E-state index >= 15 is 0 Å². The van der Waals surface area contributed by atoms with Crippen molar-refractivity contribution in [1.29, 1.82) is 0 Å². The number of hydrogen-bond donors (Lipinski definition) is 5. The van der Waals surface area contributed by atoms with Crippen molar-refractivity contribution in [2.24, 2.45) is 0 Å². The Morgan fingerprint density at radius 2 is 1.74 bits per heavy atom. The molecule has 1 saturated heterocycles. The fraction of sp³-hybridized carbons (Fsp3) is 0.571. The summed E-state index contributed by atoms with van der Waals surface area (Å²) >= 11 is 0. The first-order chi connectivity index (χ1) is 19.8. The molecule has 0 amide bonds. The lowest BCUT2D eigenvalue weighted by molar-refractivity contribution is -0.185. The molecule has 0 saturated carbocycles. The summed E-state index contributed by atoms with van der Waals surface area (Å²) in [5, 5.41) is 51.8. The zero-order chi connectivity index (χ0) is 30.7. The van der Waals surface area contributed by atoms with Crippen LogP contribution in [-0.4, -0.2) is 110 Å². The van der Waals surface area contributed by atoms with Gasteiger partial charge in [0.2, 0.25) is 0 Å². The van der Waals surface area contributed by atoms with E-state index in [1.165, 1.54) is 6.08 Å². The normalized spacial score (nSPS) is 30.0. The number of carboxylic acids is 1. The summed E-state index contributed by atoms with van der Waals surface area (Å²) in [6, 6.07) is 3.39. The smallest absolute Gasteiger partial charge is 0.347 e. The van der Waals surface area contributed by atoms with Gasteiger partial charge in [0.15, 0.2) is 30.5 Å². The highest BCUT2D eigenvalue weighted by Crippen LogP contribution is 2.64. The number of aliphatic hydroxyl groups excluding tert-OH is 3.